The number of nitrogens with zero attached hydrogens (tertiary/aromatic N) is 1. The zero-order valence-electron chi connectivity index (χ0n) is 18.7. The lowest BCUT2D eigenvalue weighted by molar-refractivity contribution is 0.439. The molecule has 0 saturated heterocycles. The summed E-state index contributed by atoms with van der Waals surface area (Å²) >= 11 is 0. The highest BCUT2D eigenvalue weighted by molar-refractivity contribution is 5.66. The molecule has 1 saturated carbocycles. The van der Waals surface area contributed by atoms with E-state index in [1.54, 1.807) is 0 Å². The second-order valence-electron chi connectivity index (χ2n) is 9.43. The van der Waals surface area contributed by atoms with Crippen molar-refractivity contribution in [2.45, 2.75) is 71.6 Å². The van der Waals surface area contributed by atoms with Crippen LogP contribution in [0.5, 0.6) is 0 Å². The number of allylic oxidation sites excluding steroid dienone is 1. The Morgan fingerprint density at radius 3 is 2.60 bits per heavy atom. The molecule has 30 heavy (non-hydrogen) atoms. The number of hydrogen-bond donors (Lipinski definition) is 3. The van der Waals surface area contributed by atoms with Crippen LogP contribution in [0, 0.1) is 32.5 Å². The maximum Gasteiger partial charge on any atom is 0.129 e. The van der Waals surface area contributed by atoms with Crippen molar-refractivity contribution in [2.75, 3.05) is 6.54 Å². The van der Waals surface area contributed by atoms with Crippen molar-refractivity contribution < 1.29 is 4.39 Å². The van der Waals surface area contributed by atoms with Crippen molar-refractivity contribution in [3.63, 3.8) is 0 Å². The molecule has 4 atom stereocenters. The van der Waals surface area contributed by atoms with Crippen molar-refractivity contribution >= 4 is 5.57 Å². The lowest BCUT2D eigenvalue weighted by Gasteiger charge is -2.25. The summed E-state index contributed by atoms with van der Waals surface area (Å²) in [5.41, 5.74) is 22.1. The summed E-state index contributed by atoms with van der Waals surface area (Å²) in [5.74, 6) is 0.239. The Kier molecular flexibility index (Phi) is 5.64. The molecule has 1 fully saturated rings. The minimum absolute atomic E-state index is 0.0358. The van der Waals surface area contributed by atoms with E-state index in [0.717, 1.165) is 54.6 Å². The van der Waals surface area contributed by atoms with Gasteiger partial charge in [0.25, 0.3) is 0 Å². The molecule has 2 heterocycles. The topological polar surface area (TPSA) is 69.0 Å². The number of aromatic nitrogens is 1. The van der Waals surface area contributed by atoms with Crippen LogP contribution in [0.2, 0.25) is 0 Å². The Bertz CT molecular complexity index is 990. The van der Waals surface area contributed by atoms with Gasteiger partial charge in [-0.1, -0.05) is 12.6 Å². The van der Waals surface area contributed by atoms with Gasteiger partial charge in [0.2, 0.25) is 0 Å². The third kappa shape index (κ3) is 3.43. The largest absolute Gasteiger partial charge is 0.346 e. The molecule has 5 N–H and O–H groups in total. The third-order valence-corrected chi connectivity index (χ3v) is 7.33. The predicted octanol–water partition coefficient (Wildman–Crippen LogP) is 3.69. The van der Waals surface area contributed by atoms with Crippen molar-refractivity contribution in [1.29, 1.82) is 0 Å². The van der Waals surface area contributed by atoms with Gasteiger partial charge in [0.1, 0.15) is 5.82 Å². The number of rotatable bonds is 4. The lowest BCUT2D eigenvalue weighted by atomic mass is 9.86. The van der Waals surface area contributed by atoms with E-state index in [1.165, 1.54) is 22.4 Å². The summed E-state index contributed by atoms with van der Waals surface area (Å²) < 4.78 is 17.0. The minimum atomic E-state index is -0.103. The molecule has 1 aromatic heterocycles. The van der Waals surface area contributed by atoms with Gasteiger partial charge in [0.05, 0.1) is 6.04 Å². The standard InChI is InChI=1S/C25H35FN4/c1-13(2)22-15(4)12-30(16(22)5)21-10-18(24(27)25(21)28)9-17-8-14(3)23(26)19-6-7-29-11-20(17)19/h8,12,18,21,24-25,29H,1,6-7,9-11,27-28H2,2-5H3. The van der Waals surface area contributed by atoms with E-state index in [9.17, 15) is 4.39 Å². The van der Waals surface area contributed by atoms with Crippen LogP contribution >= 0.6 is 0 Å². The van der Waals surface area contributed by atoms with E-state index in [0.29, 0.717) is 0 Å². The van der Waals surface area contributed by atoms with Gasteiger partial charge in [0.15, 0.2) is 0 Å². The fourth-order valence-electron chi connectivity index (χ4n) is 5.84. The van der Waals surface area contributed by atoms with Gasteiger partial charge in [-0.05, 0) is 92.8 Å². The maximum atomic E-state index is 14.7. The number of nitrogens with one attached hydrogen (secondary N) is 1. The van der Waals surface area contributed by atoms with Crippen molar-refractivity contribution in [3.8, 4) is 0 Å². The van der Waals surface area contributed by atoms with Gasteiger partial charge >= 0.3 is 0 Å². The Morgan fingerprint density at radius 2 is 1.93 bits per heavy atom. The fraction of sp³-hybridized carbons (Fsp3) is 0.520. The van der Waals surface area contributed by atoms with E-state index in [-0.39, 0.29) is 29.9 Å². The van der Waals surface area contributed by atoms with E-state index in [4.69, 9.17) is 11.5 Å². The molecular formula is C25H35FN4. The first-order valence-corrected chi connectivity index (χ1v) is 11.1. The Morgan fingerprint density at radius 1 is 1.20 bits per heavy atom. The zero-order chi connectivity index (χ0) is 21.7. The lowest BCUT2D eigenvalue weighted by Crippen LogP contribution is -2.44. The highest BCUT2D eigenvalue weighted by Crippen LogP contribution is 2.39. The quantitative estimate of drug-likeness (QED) is 0.720. The first-order chi connectivity index (χ1) is 14.2. The highest BCUT2D eigenvalue weighted by atomic mass is 19.1. The molecule has 1 aliphatic heterocycles. The molecule has 4 unspecified atom stereocenters. The molecule has 4 rings (SSSR count). The smallest absolute Gasteiger partial charge is 0.129 e. The fourth-order valence-corrected chi connectivity index (χ4v) is 5.84. The van der Waals surface area contributed by atoms with Crippen LogP contribution < -0.4 is 16.8 Å². The minimum Gasteiger partial charge on any atom is -0.346 e. The summed E-state index contributed by atoms with van der Waals surface area (Å²) in [6.07, 6.45) is 4.74. The molecule has 0 amide bonds. The van der Waals surface area contributed by atoms with Crippen LogP contribution in [-0.2, 0) is 19.4 Å². The third-order valence-electron chi connectivity index (χ3n) is 7.33. The molecule has 0 radical (unpaired) electrons. The van der Waals surface area contributed by atoms with E-state index < -0.39 is 0 Å². The molecule has 0 spiro atoms. The number of halogens is 1. The summed E-state index contributed by atoms with van der Waals surface area (Å²) in [6, 6.07) is 2.01. The molecular weight excluding hydrogens is 375 g/mol. The van der Waals surface area contributed by atoms with Gasteiger partial charge < -0.3 is 21.4 Å². The Labute approximate surface area is 179 Å². The second-order valence-corrected chi connectivity index (χ2v) is 9.43. The predicted molar refractivity (Wildman–Crippen MR) is 122 cm³/mol. The van der Waals surface area contributed by atoms with Gasteiger partial charge in [-0.25, -0.2) is 4.39 Å². The van der Waals surface area contributed by atoms with Gasteiger partial charge in [-0.3, -0.25) is 0 Å². The molecule has 1 aromatic carbocycles. The number of hydrogen-bond acceptors (Lipinski definition) is 3. The summed E-state index contributed by atoms with van der Waals surface area (Å²) in [4.78, 5) is 0. The van der Waals surface area contributed by atoms with Crippen molar-refractivity contribution in [3.05, 3.63) is 63.7 Å². The number of aryl methyl sites for hydroxylation is 2. The Hall–Kier alpha value is -1.95. The molecule has 1 aliphatic carbocycles. The molecule has 2 aromatic rings. The average molecular weight is 411 g/mol. The molecule has 0 bridgehead atoms. The molecule has 162 valence electrons. The van der Waals surface area contributed by atoms with Crippen molar-refractivity contribution in [1.82, 2.24) is 9.88 Å². The second kappa shape index (κ2) is 7.95. The van der Waals surface area contributed by atoms with Crippen LogP contribution in [0.15, 0.2) is 18.8 Å². The highest BCUT2D eigenvalue weighted by Gasteiger charge is 2.41. The monoisotopic (exact) mass is 410 g/mol. The van der Waals surface area contributed by atoms with E-state index in [2.05, 4.69) is 43.4 Å². The van der Waals surface area contributed by atoms with Gasteiger partial charge in [-0.2, -0.15) is 0 Å². The first kappa shape index (κ1) is 21.3. The normalized spacial score (nSPS) is 26.1. The van der Waals surface area contributed by atoms with Crippen LogP contribution in [0.25, 0.3) is 5.57 Å². The molecule has 2 aliphatic rings. The number of benzene rings is 1. The number of nitrogens with two attached hydrogens (primary N) is 2. The maximum absolute atomic E-state index is 14.7. The van der Waals surface area contributed by atoms with Crippen molar-refractivity contribution in [2.24, 2.45) is 17.4 Å². The molecule has 4 nitrogen and oxygen atoms in total. The van der Waals surface area contributed by atoms with E-state index >= 15 is 0 Å². The van der Waals surface area contributed by atoms with E-state index in [1.807, 2.05) is 13.0 Å². The van der Waals surface area contributed by atoms with Crippen LogP contribution in [-0.4, -0.2) is 23.2 Å². The summed E-state index contributed by atoms with van der Waals surface area (Å²) in [7, 11) is 0. The van der Waals surface area contributed by atoms with Crippen LogP contribution in [0.4, 0.5) is 4.39 Å². The SMILES string of the molecule is C=C(C)c1c(C)cn(C2CC(Cc3cc(C)c(F)c4c3CNCC4)C(N)C2N)c1C. The molecule has 5 heteroatoms. The van der Waals surface area contributed by atoms with Crippen LogP contribution in [0.1, 0.15) is 58.5 Å². The summed E-state index contributed by atoms with van der Waals surface area (Å²) in [5, 5.41) is 3.40. The van der Waals surface area contributed by atoms with Gasteiger partial charge in [-0.15, -0.1) is 0 Å². The first-order valence-electron chi connectivity index (χ1n) is 11.1. The average Bonchev–Trinajstić information content (AvgIpc) is 3.15. The summed E-state index contributed by atoms with van der Waals surface area (Å²) in [6.45, 7) is 13.9. The van der Waals surface area contributed by atoms with Crippen LogP contribution in [0.3, 0.4) is 0 Å². The zero-order valence-corrected chi connectivity index (χ0v) is 18.7. The number of fused-ring (bicyclic) bond motifs is 1. The van der Waals surface area contributed by atoms with Gasteiger partial charge in [0, 0.05) is 36.1 Å². The Balaban J connectivity index is 1.63.